The van der Waals surface area contributed by atoms with E-state index < -0.39 is 0 Å². The SMILES string of the molecule is CC(=O)O[C@@H]1CC[C@@]2(C)[C@@H](CC=C3C4=CC[C@H]([C@H](C)CCCC(C)C)[C@]4(C)CC[C@H]32)C1. The van der Waals surface area contributed by atoms with Crippen molar-refractivity contribution in [3.63, 3.8) is 0 Å². The first-order valence-electron chi connectivity index (χ1n) is 13.2. The van der Waals surface area contributed by atoms with Gasteiger partial charge in [0, 0.05) is 6.92 Å². The van der Waals surface area contributed by atoms with Crippen molar-refractivity contribution in [1.82, 2.24) is 0 Å². The molecule has 0 heterocycles. The van der Waals surface area contributed by atoms with Crippen LogP contribution in [0.5, 0.6) is 0 Å². The van der Waals surface area contributed by atoms with Crippen LogP contribution in [0.1, 0.15) is 106 Å². The van der Waals surface area contributed by atoms with E-state index in [1.165, 1.54) is 51.4 Å². The lowest BCUT2D eigenvalue weighted by atomic mass is 9.48. The van der Waals surface area contributed by atoms with Crippen molar-refractivity contribution in [2.75, 3.05) is 0 Å². The van der Waals surface area contributed by atoms with E-state index in [9.17, 15) is 4.79 Å². The minimum absolute atomic E-state index is 0.112. The van der Waals surface area contributed by atoms with Gasteiger partial charge >= 0.3 is 5.97 Å². The molecule has 0 bridgehead atoms. The third-order valence-electron chi connectivity index (χ3n) is 10.0. The summed E-state index contributed by atoms with van der Waals surface area (Å²) in [5.74, 6) is 3.73. The smallest absolute Gasteiger partial charge is 0.302 e. The fourth-order valence-electron chi connectivity index (χ4n) is 8.16. The summed E-state index contributed by atoms with van der Waals surface area (Å²) in [5, 5.41) is 0. The molecular formula is C29H46O2. The maximum Gasteiger partial charge on any atom is 0.302 e. The van der Waals surface area contributed by atoms with Gasteiger partial charge in [-0.05, 0) is 96.5 Å². The highest BCUT2D eigenvalue weighted by Crippen LogP contribution is 2.65. The van der Waals surface area contributed by atoms with Gasteiger partial charge in [-0.1, -0.05) is 66.0 Å². The molecule has 0 spiro atoms. The van der Waals surface area contributed by atoms with E-state index in [1.807, 2.05) is 0 Å². The minimum atomic E-state index is -0.112. The van der Waals surface area contributed by atoms with Gasteiger partial charge < -0.3 is 4.74 Å². The maximum atomic E-state index is 11.5. The Morgan fingerprint density at radius 2 is 1.87 bits per heavy atom. The number of fused-ring (bicyclic) bond motifs is 5. The van der Waals surface area contributed by atoms with E-state index in [1.54, 1.807) is 18.1 Å². The van der Waals surface area contributed by atoms with Crippen molar-refractivity contribution in [1.29, 1.82) is 0 Å². The van der Waals surface area contributed by atoms with Crippen LogP contribution in [0.3, 0.4) is 0 Å². The molecule has 0 N–H and O–H groups in total. The number of hydrogen-bond donors (Lipinski definition) is 0. The van der Waals surface area contributed by atoms with Crippen LogP contribution in [0, 0.1) is 40.4 Å². The first-order chi connectivity index (χ1) is 14.6. The Morgan fingerprint density at radius 3 is 2.58 bits per heavy atom. The molecule has 2 fully saturated rings. The summed E-state index contributed by atoms with van der Waals surface area (Å²) in [6.45, 7) is 13.9. The maximum absolute atomic E-state index is 11.5. The fraction of sp³-hybridized carbons (Fsp3) is 0.828. The summed E-state index contributed by atoms with van der Waals surface area (Å²) in [5.41, 5.74) is 4.21. The highest BCUT2D eigenvalue weighted by Gasteiger charge is 2.55. The third-order valence-corrected chi connectivity index (χ3v) is 10.0. The molecule has 31 heavy (non-hydrogen) atoms. The number of esters is 1. The number of hydrogen-bond acceptors (Lipinski definition) is 2. The second-order valence-electron chi connectivity index (χ2n) is 12.4. The predicted molar refractivity (Wildman–Crippen MR) is 129 cm³/mol. The van der Waals surface area contributed by atoms with Crippen LogP contribution in [-0.2, 0) is 9.53 Å². The topological polar surface area (TPSA) is 26.3 Å². The van der Waals surface area contributed by atoms with Gasteiger partial charge in [-0.15, -0.1) is 0 Å². The average molecular weight is 427 g/mol. The molecule has 174 valence electrons. The molecule has 0 aromatic carbocycles. The lowest BCUT2D eigenvalue weighted by Crippen LogP contribution is -2.48. The molecule has 0 aromatic rings. The van der Waals surface area contributed by atoms with Crippen LogP contribution in [0.4, 0.5) is 0 Å². The lowest BCUT2D eigenvalue weighted by Gasteiger charge is -2.56. The standard InChI is InChI=1S/C29H46O2/c1-19(2)8-7-9-20(3)25-12-13-26-24-11-10-22-18-23(31-21(4)30)14-16-28(22,5)27(24)15-17-29(25,26)6/h11,13,19-20,22-23,25,27H,7-10,12,14-18H2,1-6H3/t20-,22+,23-,25-,27-,28+,29+/m1/s1. The zero-order valence-corrected chi connectivity index (χ0v) is 21.0. The number of rotatable bonds is 6. The van der Waals surface area contributed by atoms with Crippen molar-refractivity contribution in [2.24, 2.45) is 40.4 Å². The van der Waals surface area contributed by atoms with Crippen LogP contribution in [0.2, 0.25) is 0 Å². The molecule has 2 nitrogen and oxygen atoms in total. The van der Waals surface area contributed by atoms with E-state index in [0.717, 1.165) is 30.6 Å². The second kappa shape index (κ2) is 8.71. The van der Waals surface area contributed by atoms with Crippen molar-refractivity contribution in [2.45, 2.75) is 112 Å². The Hall–Kier alpha value is -1.05. The van der Waals surface area contributed by atoms with E-state index >= 15 is 0 Å². The summed E-state index contributed by atoms with van der Waals surface area (Å²) in [6.07, 6.45) is 18.0. The first kappa shape index (κ1) is 23.1. The molecular weight excluding hydrogens is 380 g/mol. The summed E-state index contributed by atoms with van der Waals surface area (Å²) < 4.78 is 5.62. The molecule has 0 aliphatic heterocycles. The van der Waals surface area contributed by atoms with Crippen molar-refractivity contribution < 1.29 is 9.53 Å². The van der Waals surface area contributed by atoms with Gasteiger partial charge in [-0.25, -0.2) is 0 Å². The molecule has 4 rings (SSSR count). The Labute approximate surface area is 191 Å². The quantitative estimate of drug-likeness (QED) is 0.404. The second-order valence-corrected chi connectivity index (χ2v) is 12.4. The summed E-state index contributed by atoms with van der Waals surface area (Å²) in [4.78, 5) is 11.5. The molecule has 0 amide bonds. The summed E-state index contributed by atoms with van der Waals surface area (Å²) >= 11 is 0. The predicted octanol–water partition coefficient (Wildman–Crippen LogP) is 7.88. The van der Waals surface area contributed by atoms with Crippen molar-refractivity contribution >= 4 is 5.97 Å². The molecule has 2 heteroatoms. The molecule has 4 aliphatic rings. The van der Waals surface area contributed by atoms with Crippen molar-refractivity contribution in [3.8, 4) is 0 Å². The molecule has 4 aliphatic carbocycles. The molecule has 0 unspecified atom stereocenters. The van der Waals surface area contributed by atoms with Gasteiger partial charge in [0.1, 0.15) is 6.10 Å². The Balaban J connectivity index is 1.48. The highest BCUT2D eigenvalue weighted by molar-refractivity contribution is 5.66. The van der Waals surface area contributed by atoms with Gasteiger partial charge in [0.05, 0.1) is 0 Å². The summed E-state index contributed by atoms with van der Waals surface area (Å²) in [7, 11) is 0. The highest BCUT2D eigenvalue weighted by atomic mass is 16.5. The van der Waals surface area contributed by atoms with E-state index in [-0.39, 0.29) is 12.1 Å². The van der Waals surface area contributed by atoms with Crippen LogP contribution >= 0.6 is 0 Å². The van der Waals surface area contributed by atoms with Gasteiger partial charge in [0.25, 0.3) is 0 Å². The van der Waals surface area contributed by atoms with Gasteiger partial charge in [-0.2, -0.15) is 0 Å². The molecule has 0 aromatic heterocycles. The van der Waals surface area contributed by atoms with E-state index in [2.05, 4.69) is 46.8 Å². The van der Waals surface area contributed by atoms with Crippen LogP contribution in [-0.4, -0.2) is 12.1 Å². The van der Waals surface area contributed by atoms with E-state index in [0.29, 0.717) is 22.7 Å². The summed E-state index contributed by atoms with van der Waals surface area (Å²) in [6, 6.07) is 0. The zero-order chi connectivity index (χ0) is 22.4. The molecule has 2 saturated carbocycles. The van der Waals surface area contributed by atoms with Crippen LogP contribution < -0.4 is 0 Å². The normalized spacial score (nSPS) is 40.4. The zero-order valence-electron chi connectivity index (χ0n) is 21.0. The van der Waals surface area contributed by atoms with Gasteiger partial charge in [0.15, 0.2) is 0 Å². The van der Waals surface area contributed by atoms with Gasteiger partial charge in [0.2, 0.25) is 0 Å². The van der Waals surface area contributed by atoms with Crippen LogP contribution in [0.25, 0.3) is 0 Å². The van der Waals surface area contributed by atoms with Crippen molar-refractivity contribution in [3.05, 3.63) is 23.3 Å². The first-order valence-corrected chi connectivity index (χ1v) is 13.2. The average Bonchev–Trinajstić information content (AvgIpc) is 3.05. The monoisotopic (exact) mass is 426 g/mol. The molecule has 7 atom stereocenters. The number of ether oxygens (including phenoxy) is 1. The molecule has 0 saturated heterocycles. The largest absolute Gasteiger partial charge is 0.463 e. The lowest BCUT2D eigenvalue weighted by molar-refractivity contribution is -0.151. The fourth-order valence-corrected chi connectivity index (χ4v) is 8.16. The van der Waals surface area contributed by atoms with E-state index in [4.69, 9.17) is 4.74 Å². The molecule has 0 radical (unpaired) electrons. The third kappa shape index (κ3) is 4.18. The Morgan fingerprint density at radius 1 is 1.10 bits per heavy atom. The minimum Gasteiger partial charge on any atom is -0.463 e. The number of carbonyl (C=O) groups is 1. The Kier molecular flexibility index (Phi) is 6.50. The van der Waals surface area contributed by atoms with Crippen LogP contribution in [0.15, 0.2) is 23.3 Å². The Bertz CT molecular complexity index is 746. The van der Waals surface area contributed by atoms with Gasteiger partial charge in [-0.3, -0.25) is 4.79 Å². The number of carbonyl (C=O) groups excluding carboxylic acids is 1. The number of allylic oxidation sites excluding steroid dienone is 4.